The molecule has 2 rings (SSSR count). The number of aryl methyl sites for hydroxylation is 2. The first kappa shape index (κ1) is 8.68. The summed E-state index contributed by atoms with van der Waals surface area (Å²) in [5, 5.41) is 0. The number of carbonyl (C=O) groups excluding carboxylic acids is 1. The molecule has 0 saturated heterocycles. The first-order valence-electron chi connectivity index (χ1n) is 4.11. The Kier molecular flexibility index (Phi) is 1.92. The first-order chi connectivity index (χ1) is 6.66. The van der Waals surface area contributed by atoms with E-state index < -0.39 is 0 Å². The van der Waals surface area contributed by atoms with Crippen LogP contribution in [0.3, 0.4) is 0 Å². The largest absolute Gasteiger partial charge is 0.449 e. The maximum atomic E-state index is 11.7. The summed E-state index contributed by atoms with van der Waals surface area (Å²) < 4.78 is 6.66. The summed E-state index contributed by atoms with van der Waals surface area (Å²) in [7, 11) is 1.80. The van der Waals surface area contributed by atoms with Crippen molar-refractivity contribution >= 4 is 5.78 Å². The van der Waals surface area contributed by atoms with Crippen LogP contribution in [0, 0.1) is 6.92 Å². The van der Waals surface area contributed by atoms with E-state index in [1.165, 1.54) is 6.26 Å². The second-order valence-corrected chi connectivity index (χ2v) is 3.01. The smallest absolute Gasteiger partial charge is 0.234 e. The summed E-state index contributed by atoms with van der Waals surface area (Å²) in [4.78, 5) is 19.5. The van der Waals surface area contributed by atoms with E-state index >= 15 is 0 Å². The van der Waals surface area contributed by atoms with E-state index in [9.17, 15) is 4.79 Å². The molecular formula is C9H9N3O2. The van der Waals surface area contributed by atoms with Crippen LogP contribution in [0.2, 0.25) is 0 Å². The van der Waals surface area contributed by atoms with Crippen molar-refractivity contribution in [2.24, 2.45) is 7.05 Å². The normalized spacial score (nSPS) is 10.4. The summed E-state index contributed by atoms with van der Waals surface area (Å²) in [6.45, 7) is 1.69. The van der Waals surface area contributed by atoms with Crippen molar-refractivity contribution in [1.29, 1.82) is 0 Å². The van der Waals surface area contributed by atoms with Crippen LogP contribution in [-0.4, -0.2) is 20.3 Å². The fourth-order valence-corrected chi connectivity index (χ4v) is 1.13. The van der Waals surface area contributed by atoms with E-state index in [-0.39, 0.29) is 5.78 Å². The molecule has 0 bridgehead atoms. The highest BCUT2D eigenvalue weighted by atomic mass is 16.3. The van der Waals surface area contributed by atoms with Gasteiger partial charge in [-0.1, -0.05) is 0 Å². The fourth-order valence-electron chi connectivity index (χ4n) is 1.13. The monoisotopic (exact) mass is 191 g/mol. The maximum Gasteiger partial charge on any atom is 0.234 e. The molecule has 0 amide bonds. The lowest BCUT2D eigenvalue weighted by molar-refractivity contribution is 0.103. The molecule has 2 aromatic rings. The molecule has 0 aliphatic carbocycles. The third-order valence-corrected chi connectivity index (χ3v) is 1.79. The zero-order valence-corrected chi connectivity index (χ0v) is 7.89. The van der Waals surface area contributed by atoms with E-state index in [0.29, 0.717) is 17.3 Å². The Labute approximate surface area is 80.4 Å². The molecule has 0 spiro atoms. The molecule has 0 saturated carbocycles. The number of rotatable bonds is 2. The van der Waals surface area contributed by atoms with Crippen LogP contribution in [0.4, 0.5) is 0 Å². The summed E-state index contributed by atoms with van der Waals surface area (Å²) in [5.41, 5.74) is 0.669. The number of oxazole rings is 1. The third kappa shape index (κ3) is 1.44. The Balaban J connectivity index is 2.33. The van der Waals surface area contributed by atoms with Gasteiger partial charge in [-0.2, -0.15) is 0 Å². The van der Waals surface area contributed by atoms with Crippen molar-refractivity contribution in [2.45, 2.75) is 6.92 Å². The Morgan fingerprint density at radius 1 is 1.50 bits per heavy atom. The van der Waals surface area contributed by atoms with Crippen molar-refractivity contribution in [1.82, 2.24) is 14.5 Å². The average molecular weight is 191 g/mol. The van der Waals surface area contributed by atoms with E-state index in [1.807, 2.05) is 0 Å². The van der Waals surface area contributed by atoms with Gasteiger partial charge in [0.1, 0.15) is 12.0 Å². The van der Waals surface area contributed by atoms with Gasteiger partial charge in [0.2, 0.25) is 5.78 Å². The minimum atomic E-state index is -0.220. The molecule has 0 unspecified atom stereocenters. The lowest BCUT2D eigenvalue weighted by Crippen LogP contribution is -2.02. The predicted octanol–water partition coefficient (Wildman–Crippen LogP) is 0.948. The molecule has 0 aromatic carbocycles. The van der Waals surface area contributed by atoms with Crippen LogP contribution in [0.25, 0.3) is 0 Å². The number of hydrogen-bond donors (Lipinski definition) is 0. The van der Waals surface area contributed by atoms with Gasteiger partial charge in [0.25, 0.3) is 0 Å². The standard InChI is InChI=1S/C9H9N3O2/c1-6-11-8(4-14-6)9(13)7-3-12(2)5-10-7/h3-5H,1-2H3. The van der Waals surface area contributed by atoms with Crippen molar-refractivity contribution in [2.75, 3.05) is 0 Å². The number of hydrogen-bond acceptors (Lipinski definition) is 4. The van der Waals surface area contributed by atoms with Crippen molar-refractivity contribution in [3.8, 4) is 0 Å². The highest BCUT2D eigenvalue weighted by molar-refractivity contribution is 6.05. The quantitative estimate of drug-likeness (QED) is 0.663. The van der Waals surface area contributed by atoms with Gasteiger partial charge in [-0.05, 0) is 0 Å². The highest BCUT2D eigenvalue weighted by Crippen LogP contribution is 2.06. The Hall–Kier alpha value is -1.91. The molecule has 0 atom stereocenters. The van der Waals surface area contributed by atoms with Gasteiger partial charge in [0.05, 0.1) is 6.33 Å². The van der Waals surface area contributed by atoms with Gasteiger partial charge in [0.15, 0.2) is 11.6 Å². The molecule has 0 fully saturated rings. The molecule has 0 radical (unpaired) electrons. The molecule has 2 heterocycles. The van der Waals surface area contributed by atoms with E-state index in [2.05, 4.69) is 9.97 Å². The lowest BCUT2D eigenvalue weighted by Gasteiger charge is -1.88. The van der Waals surface area contributed by atoms with Gasteiger partial charge in [-0.25, -0.2) is 9.97 Å². The van der Waals surface area contributed by atoms with Crippen molar-refractivity contribution in [3.63, 3.8) is 0 Å². The SMILES string of the molecule is Cc1nc(C(=O)c2cn(C)cn2)co1. The topological polar surface area (TPSA) is 60.9 Å². The zero-order chi connectivity index (χ0) is 10.1. The maximum absolute atomic E-state index is 11.7. The second kappa shape index (κ2) is 3.10. The third-order valence-electron chi connectivity index (χ3n) is 1.79. The minimum absolute atomic E-state index is 0.220. The molecule has 0 aliphatic heterocycles. The van der Waals surface area contributed by atoms with E-state index in [1.54, 1.807) is 31.1 Å². The Bertz CT molecular complexity index is 428. The number of carbonyl (C=O) groups is 1. The minimum Gasteiger partial charge on any atom is -0.449 e. The summed E-state index contributed by atoms with van der Waals surface area (Å²) in [6.07, 6.45) is 4.55. The van der Waals surface area contributed by atoms with Gasteiger partial charge in [-0.3, -0.25) is 4.79 Å². The molecular weight excluding hydrogens is 182 g/mol. The van der Waals surface area contributed by atoms with Crippen LogP contribution in [0.5, 0.6) is 0 Å². The van der Waals surface area contributed by atoms with Crippen LogP contribution in [0.1, 0.15) is 22.1 Å². The molecule has 5 heteroatoms. The van der Waals surface area contributed by atoms with Gasteiger partial charge in [-0.15, -0.1) is 0 Å². The van der Waals surface area contributed by atoms with E-state index in [4.69, 9.17) is 4.42 Å². The van der Waals surface area contributed by atoms with Crippen molar-refractivity contribution in [3.05, 3.63) is 36.1 Å². The fraction of sp³-hybridized carbons (Fsp3) is 0.222. The van der Waals surface area contributed by atoms with Crippen LogP contribution in [0.15, 0.2) is 23.2 Å². The number of nitrogens with zero attached hydrogens (tertiary/aromatic N) is 3. The summed E-state index contributed by atoms with van der Waals surface area (Å²) in [5.74, 6) is 0.256. The van der Waals surface area contributed by atoms with Crippen LogP contribution in [-0.2, 0) is 7.05 Å². The average Bonchev–Trinajstić information content (AvgIpc) is 2.73. The summed E-state index contributed by atoms with van der Waals surface area (Å²) in [6, 6.07) is 0. The van der Waals surface area contributed by atoms with Gasteiger partial charge in [0, 0.05) is 20.2 Å². The van der Waals surface area contributed by atoms with Gasteiger partial charge < -0.3 is 8.98 Å². The predicted molar refractivity (Wildman–Crippen MR) is 47.9 cm³/mol. The highest BCUT2D eigenvalue weighted by Gasteiger charge is 2.15. The van der Waals surface area contributed by atoms with Crippen molar-refractivity contribution < 1.29 is 9.21 Å². The molecule has 0 N–H and O–H groups in total. The second-order valence-electron chi connectivity index (χ2n) is 3.01. The first-order valence-corrected chi connectivity index (χ1v) is 4.11. The lowest BCUT2D eigenvalue weighted by atomic mass is 10.2. The number of aromatic nitrogens is 3. The van der Waals surface area contributed by atoms with Gasteiger partial charge >= 0.3 is 0 Å². The Morgan fingerprint density at radius 3 is 2.79 bits per heavy atom. The molecule has 14 heavy (non-hydrogen) atoms. The molecule has 72 valence electrons. The number of imidazole rings is 1. The molecule has 5 nitrogen and oxygen atoms in total. The van der Waals surface area contributed by atoms with E-state index in [0.717, 1.165) is 0 Å². The number of ketones is 1. The van der Waals surface area contributed by atoms with Crippen LogP contribution < -0.4 is 0 Å². The summed E-state index contributed by atoms with van der Waals surface area (Å²) >= 11 is 0. The Morgan fingerprint density at radius 2 is 2.29 bits per heavy atom. The zero-order valence-electron chi connectivity index (χ0n) is 7.89. The molecule has 0 aliphatic rings. The molecule has 2 aromatic heterocycles. The van der Waals surface area contributed by atoms with Crippen LogP contribution >= 0.6 is 0 Å².